The number of rotatable bonds is 13. The van der Waals surface area contributed by atoms with Crippen LogP contribution >= 0.6 is 0 Å². The Bertz CT molecular complexity index is 2210. The van der Waals surface area contributed by atoms with Crippen molar-refractivity contribution in [2.75, 3.05) is 38.5 Å². The highest BCUT2D eigenvalue weighted by atomic mass is 32.2. The molecule has 0 amide bonds. The normalized spacial score (nSPS) is 12.9. The van der Waals surface area contributed by atoms with Crippen LogP contribution in [0.3, 0.4) is 0 Å². The minimum atomic E-state index is -4.29. The summed E-state index contributed by atoms with van der Waals surface area (Å²) in [6, 6.07) is 20.1. The molecular weight excluding hydrogens is 648 g/mol. The monoisotopic (exact) mass is 682 g/mol. The maximum atomic E-state index is 13.9. The van der Waals surface area contributed by atoms with Crippen molar-refractivity contribution in [3.8, 4) is 34.1 Å². The first kappa shape index (κ1) is 31.8. The summed E-state index contributed by atoms with van der Waals surface area (Å²) in [5.74, 6) is 2.57. The van der Waals surface area contributed by atoms with Crippen molar-refractivity contribution >= 4 is 38.3 Å². The van der Waals surface area contributed by atoms with Crippen LogP contribution in [0.2, 0.25) is 0 Å². The van der Waals surface area contributed by atoms with Gasteiger partial charge in [-0.15, -0.1) is 0 Å². The van der Waals surface area contributed by atoms with Crippen molar-refractivity contribution in [2.24, 2.45) is 0 Å². The van der Waals surface area contributed by atoms with Crippen molar-refractivity contribution in [2.45, 2.75) is 30.2 Å². The summed E-state index contributed by atoms with van der Waals surface area (Å²) in [6.07, 6.45) is 5.54. The van der Waals surface area contributed by atoms with Crippen LogP contribution < -0.4 is 29.0 Å². The molecule has 0 radical (unpaired) electrons. The zero-order valence-electron chi connectivity index (χ0n) is 27.3. The van der Waals surface area contributed by atoms with Crippen molar-refractivity contribution in [1.82, 2.24) is 19.9 Å². The quantitative estimate of drug-likeness (QED) is 0.136. The van der Waals surface area contributed by atoms with Gasteiger partial charge in [0.1, 0.15) is 28.8 Å². The SMILES string of the molecule is COc1ccc(Cn2nc(C3CC3)cc2Nc2cc3onc(NS(=O)(=O)c4c(OC)cc(-c5cccnc5)cc4OC)c3cc2OC)cc1. The topological polar surface area (TPSA) is 152 Å². The van der Waals surface area contributed by atoms with Gasteiger partial charge in [-0.25, -0.2) is 13.1 Å². The van der Waals surface area contributed by atoms with Crippen LogP contribution in [0.5, 0.6) is 23.0 Å². The van der Waals surface area contributed by atoms with E-state index in [1.54, 1.807) is 49.8 Å². The number of hydrogen-bond donors (Lipinski definition) is 2. The number of benzene rings is 3. The van der Waals surface area contributed by atoms with Gasteiger partial charge in [0.2, 0.25) is 0 Å². The molecule has 0 bridgehead atoms. The molecule has 0 aliphatic heterocycles. The molecule has 3 aromatic heterocycles. The third-order valence-electron chi connectivity index (χ3n) is 8.30. The Morgan fingerprint density at radius 3 is 2.24 bits per heavy atom. The van der Waals surface area contributed by atoms with E-state index in [2.05, 4.69) is 20.2 Å². The van der Waals surface area contributed by atoms with E-state index in [0.29, 0.717) is 40.4 Å². The number of nitrogens with one attached hydrogen (secondary N) is 2. The Morgan fingerprint density at radius 2 is 1.61 bits per heavy atom. The number of ether oxygens (including phenoxy) is 4. The van der Waals surface area contributed by atoms with E-state index in [1.807, 2.05) is 41.1 Å². The van der Waals surface area contributed by atoms with Crippen LogP contribution in [-0.4, -0.2) is 56.8 Å². The lowest BCUT2D eigenvalue weighted by molar-refractivity contribution is 0.374. The van der Waals surface area contributed by atoms with E-state index in [-0.39, 0.29) is 22.2 Å². The van der Waals surface area contributed by atoms with E-state index in [9.17, 15) is 8.42 Å². The smallest absolute Gasteiger partial charge is 0.270 e. The van der Waals surface area contributed by atoms with Gasteiger partial charge in [-0.2, -0.15) is 5.10 Å². The van der Waals surface area contributed by atoms with E-state index in [1.165, 1.54) is 21.3 Å². The van der Waals surface area contributed by atoms with Crippen LogP contribution in [0, 0.1) is 0 Å². The van der Waals surface area contributed by atoms with Crippen LogP contribution in [0.1, 0.15) is 30.0 Å². The Kier molecular flexibility index (Phi) is 8.46. The first-order valence-electron chi connectivity index (χ1n) is 15.4. The highest BCUT2D eigenvalue weighted by molar-refractivity contribution is 7.93. The number of hydrogen-bond acceptors (Lipinski definition) is 11. The molecule has 49 heavy (non-hydrogen) atoms. The number of methoxy groups -OCH3 is 4. The third kappa shape index (κ3) is 6.42. The number of pyridine rings is 1. The molecule has 1 fully saturated rings. The summed E-state index contributed by atoms with van der Waals surface area (Å²) in [7, 11) is 1.67. The molecule has 14 heteroatoms. The fraction of sp³-hybridized carbons (Fsp3) is 0.229. The molecule has 2 N–H and O–H groups in total. The predicted octanol–water partition coefficient (Wildman–Crippen LogP) is 6.59. The number of sulfonamides is 1. The maximum Gasteiger partial charge on any atom is 0.270 e. The zero-order chi connectivity index (χ0) is 34.1. The molecule has 0 atom stereocenters. The second-order valence-electron chi connectivity index (χ2n) is 11.5. The first-order chi connectivity index (χ1) is 23.8. The number of fused-ring (bicyclic) bond motifs is 1. The highest BCUT2D eigenvalue weighted by Gasteiger charge is 2.30. The molecule has 1 aliphatic carbocycles. The average molecular weight is 683 g/mol. The molecule has 3 heterocycles. The van der Waals surface area contributed by atoms with Gasteiger partial charge >= 0.3 is 0 Å². The summed E-state index contributed by atoms with van der Waals surface area (Å²) in [5, 5.41) is 12.8. The lowest BCUT2D eigenvalue weighted by Crippen LogP contribution is -2.16. The summed E-state index contributed by atoms with van der Waals surface area (Å²) in [5.41, 5.74) is 4.44. The Hall–Kier alpha value is -5.76. The average Bonchev–Trinajstić information content (AvgIpc) is 3.81. The van der Waals surface area contributed by atoms with Gasteiger partial charge in [-0.05, 0) is 60.4 Å². The Balaban J connectivity index is 1.20. The second-order valence-corrected chi connectivity index (χ2v) is 13.1. The van der Waals surface area contributed by atoms with Gasteiger partial charge < -0.3 is 28.8 Å². The van der Waals surface area contributed by atoms with Crippen molar-refractivity contribution < 1.29 is 31.9 Å². The Labute approximate surface area is 282 Å². The molecule has 0 saturated heterocycles. The van der Waals surface area contributed by atoms with Crippen LogP contribution in [0.25, 0.3) is 22.1 Å². The van der Waals surface area contributed by atoms with E-state index < -0.39 is 10.0 Å². The molecule has 3 aromatic carbocycles. The van der Waals surface area contributed by atoms with Gasteiger partial charge in [0.25, 0.3) is 10.0 Å². The lowest BCUT2D eigenvalue weighted by atomic mass is 10.1. The summed E-state index contributed by atoms with van der Waals surface area (Å²) in [4.78, 5) is 3.96. The summed E-state index contributed by atoms with van der Waals surface area (Å²) >= 11 is 0. The molecular formula is C35H34N6O7S. The number of aromatic nitrogens is 4. The summed E-state index contributed by atoms with van der Waals surface area (Å²) in [6.45, 7) is 0.536. The van der Waals surface area contributed by atoms with Gasteiger partial charge in [0.05, 0.1) is 51.8 Å². The third-order valence-corrected chi connectivity index (χ3v) is 9.70. The van der Waals surface area contributed by atoms with Gasteiger partial charge in [-0.3, -0.25) is 9.71 Å². The zero-order valence-corrected chi connectivity index (χ0v) is 28.1. The molecule has 0 unspecified atom stereocenters. The van der Waals surface area contributed by atoms with Gasteiger partial charge in [0, 0.05) is 36.0 Å². The molecule has 252 valence electrons. The van der Waals surface area contributed by atoms with Crippen LogP contribution in [0.15, 0.2) is 88.5 Å². The van der Waals surface area contributed by atoms with Crippen molar-refractivity contribution in [1.29, 1.82) is 0 Å². The maximum absolute atomic E-state index is 13.9. The van der Waals surface area contributed by atoms with E-state index in [4.69, 9.17) is 28.6 Å². The van der Waals surface area contributed by atoms with Gasteiger partial charge in [0.15, 0.2) is 16.3 Å². The molecule has 0 spiro atoms. The van der Waals surface area contributed by atoms with Crippen molar-refractivity contribution in [3.63, 3.8) is 0 Å². The van der Waals surface area contributed by atoms with Crippen LogP contribution in [-0.2, 0) is 16.6 Å². The standard InChI is InChI=1S/C35H34N6O7S/c1-44-25-11-7-21(8-12-25)20-41-33(18-27(38-41)22-9-10-22)37-28-17-29-26(16-30(28)45-2)35(39-48-29)40-49(42,43)34-31(46-3)14-24(15-32(34)47-4)23-6-5-13-36-19-23/h5-8,11-19,22,37H,9-10,20H2,1-4H3,(H,39,40). The summed E-state index contributed by atoms with van der Waals surface area (Å²) < 4.78 is 59.9. The number of anilines is 3. The Morgan fingerprint density at radius 1 is 0.878 bits per heavy atom. The molecule has 1 saturated carbocycles. The van der Waals surface area contributed by atoms with E-state index >= 15 is 0 Å². The molecule has 6 aromatic rings. The fourth-order valence-electron chi connectivity index (χ4n) is 5.61. The molecule has 1 aliphatic rings. The molecule has 7 rings (SSSR count). The fourth-order valence-corrected chi connectivity index (χ4v) is 6.92. The first-order valence-corrected chi connectivity index (χ1v) is 16.9. The number of nitrogens with zero attached hydrogens (tertiary/aromatic N) is 4. The van der Waals surface area contributed by atoms with E-state index in [0.717, 1.165) is 41.2 Å². The minimum absolute atomic E-state index is 0.0270. The largest absolute Gasteiger partial charge is 0.497 e. The lowest BCUT2D eigenvalue weighted by Gasteiger charge is -2.16. The second kappa shape index (κ2) is 13.0. The highest BCUT2D eigenvalue weighted by Crippen LogP contribution is 2.43. The molecule has 13 nitrogen and oxygen atoms in total. The van der Waals surface area contributed by atoms with Crippen LogP contribution in [0.4, 0.5) is 17.3 Å². The predicted molar refractivity (Wildman–Crippen MR) is 184 cm³/mol. The van der Waals surface area contributed by atoms with Crippen molar-refractivity contribution in [3.05, 3.63) is 90.4 Å². The minimum Gasteiger partial charge on any atom is -0.497 e. The van der Waals surface area contributed by atoms with Gasteiger partial charge in [-0.1, -0.05) is 23.4 Å².